The molecule has 1 aliphatic heterocycles. The lowest BCUT2D eigenvalue weighted by Crippen LogP contribution is -2.22. The zero-order chi connectivity index (χ0) is 20.5. The molecule has 7 heteroatoms. The Balaban J connectivity index is 1.57. The van der Waals surface area contributed by atoms with Gasteiger partial charge in [-0.3, -0.25) is 9.69 Å². The summed E-state index contributed by atoms with van der Waals surface area (Å²) in [6.07, 6.45) is 3.98. The van der Waals surface area contributed by atoms with Crippen LogP contribution in [0.1, 0.15) is 11.1 Å². The molecule has 0 bridgehead atoms. The van der Waals surface area contributed by atoms with Crippen molar-refractivity contribution >= 4 is 62.8 Å². The molecule has 0 radical (unpaired) electrons. The third-order valence-electron chi connectivity index (χ3n) is 4.82. The van der Waals surface area contributed by atoms with E-state index < -0.39 is 0 Å². The highest BCUT2D eigenvalue weighted by molar-refractivity contribution is 8.26. The maximum absolute atomic E-state index is 12.4. The number of thioether (sulfide) groups is 1. The summed E-state index contributed by atoms with van der Waals surface area (Å²) < 4.78 is 8.64. The number of ether oxygens (including phenoxy) is 1. The summed E-state index contributed by atoms with van der Waals surface area (Å²) in [6, 6.07) is 13.8. The van der Waals surface area contributed by atoms with Crippen LogP contribution in [-0.4, -0.2) is 33.3 Å². The lowest BCUT2D eigenvalue weighted by molar-refractivity contribution is -0.121. The predicted molar refractivity (Wildman–Crippen MR) is 125 cm³/mol. The Labute approximate surface area is 184 Å². The third-order valence-corrected chi connectivity index (χ3v) is 6.73. The molecular formula is C22H19ClN2O2S2. The summed E-state index contributed by atoms with van der Waals surface area (Å²) >= 11 is 12.6. The number of thiocarbonyl (C=S) groups is 1. The summed E-state index contributed by atoms with van der Waals surface area (Å²) in [5.74, 6) is 0.744. The molecule has 4 rings (SSSR count). The van der Waals surface area contributed by atoms with Crippen molar-refractivity contribution in [3.8, 4) is 5.75 Å². The van der Waals surface area contributed by atoms with Crippen LogP contribution in [0.15, 0.2) is 53.6 Å². The Kier molecular flexibility index (Phi) is 5.67. The van der Waals surface area contributed by atoms with Gasteiger partial charge in [-0.2, -0.15) is 0 Å². The summed E-state index contributed by atoms with van der Waals surface area (Å²) in [5.41, 5.74) is 3.09. The van der Waals surface area contributed by atoms with Crippen LogP contribution in [0.4, 0.5) is 0 Å². The number of carbonyl (C=O) groups excluding carboxylic acids is 1. The second kappa shape index (κ2) is 8.22. The van der Waals surface area contributed by atoms with Crippen LogP contribution in [0.2, 0.25) is 5.02 Å². The van der Waals surface area contributed by atoms with Crippen molar-refractivity contribution < 1.29 is 9.53 Å². The third kappa shape index (κ3) is 4.06. The van der Waals surface area contributed by atoms with Gasteiger partial charge in [-0.25, -0.2) is 0 Å². The maximum Gasteiger partial charge on any atom is 0.265 e. The number of carbonyl (C=O) groups is 1. The largest absolute Gasteiger partial charge is 0.492 e. The number of likely N-dealkylation sites (N-methyl/N-ethyl adjacent to an activating group) is 1. The highest BCUT2D eigenvalue weighted by atomic mass is 35.5. The molecule has 1 amide bonds. The van der Waals surface area contributed by atoms with E-state index in [1.807, 2.05) is 43.3 Å². The molecule has 4 nitrogen and oxygen atoms in total. The quantitative estimate of drug-likeness (QED) is 0.385. The van der Waals surface area contributed by atoms with Crippen molar-refractivity contribution in [3.05, 3.63) is 69.7 Å². The number of benzene rings is 2. The average Bonchev–Trinajstić information content (AvgIpc) is 3.17. The van der Waals surface area contributed by atoms with Gasteiger partial charge < -0.3 is 9.30 Å². The van der Waals surface area contributed by atoms with Gasteiger partial charge in [-0.05, 0) is 42.8 Å². The number of halogens is 1. The van der Waals surface area contributed by atoms with Gasteiger partial charge >= 0.3 is 0 Å². The SMILES string of the molecule is Cc1cc(OCCn2cc(/C=C3\SC(=S)N(C)C3=O)c3ccccc32)ccc1Cl. The second-order valence-electron chi connectivity index (χ2n) is 6.80. The first-order valence-electron chi connectivity index (χ1n) is 9.12. The average molecular weight is 443 g/mol. The summed E-state index contributed by atoms with van der Waals surface area (Å²) in [5, 5.41) is 1.83. The number of hydrogen-bond donors (Lipinski definition) is 0. The van der Waals surface area contributed by atoms with Gasteiger partial charge in [0.05, 0.1) is 11.4 Å². The van der Waals surface area contributed by atoms with Crippen LogP contribution in [0.5, 0.6) is 5.75 Å². The van der Waals surface area contributed by atoms with E-state index in [-0.39, 0.29) is 5.91 Å². The number of para-hydroxylation sites is 1. The maximum atomic E-state index is 12.4. The number of hydrogen-bond acceptors (Lipinski definition) is 4. The van der Waals surface area contributed by atoms with Crippen molar-refractivity contribution in [2.75, 3.05) is 13.7 Å². The second-order valence-corrected chi connectivity index (χ2v) is 8.88. The number of nitrogens with zero attached hydrogens (tertiary/aromatic N) is 2. The molecule has 29 heavy (non-hydrogen) atoms. The molecule has 0 aliphatic carbocycles. The minimum Gasteiger partial charge on any atom is -0.492 e. The van der Waals surface area contributed by atoms with E-state index in [1.54, 1.807) is 7.05 Å². The van der Waals surface area contributed by atoms with Crippen LogP contribution in [-0.2, 0) is 11.3 Å². The zero-order valence-electron chi connectivity index (χ0n) is 16.0. The molecule has 1 aliphatic rings. The topological polar surface area (TPSA) is 34.5 Å². The molecule has 148 valence electrons. The van der Waals surface area contributed by atoms with Crippen molar-refractivity contribution in [2.24, 2.45) is 0 Å². The van der Waals surface area contributed by atoms with Crippen LogP contribution in [0.25, 0.3) is 17.0 Å². The first-order valence-corrected chi connectivity index (χ1v) is 10.7. The van der Waals surface area contributed by atoms with Crippen molar-refractivity contribution in [3.63, 3.8) is 0 Å². The molecule has 2 aromatic carbocycles. The van der Waals surface area contributed by atoms with E-state index in [9.17, 15) is 4.79 Å². The minimum absolute atomic E-state index is 0.0572. The van der Waals surface area contributed by atoms with E-state index in [1.165, 1.54) is 16.7 Å². The first kappa shape index (κ1) is 20.0. The normalized spacial score (nSPS) is 15.7. The predicted octanol–water partition coefficient (Wildman–Crippen LogP) is 5.51. The fraction of sp³-hybridized carbons (Fsp3) is 0.182. The minimum atomic E-state index is -0.0572. The molecule has 0 unspecified atom stereocenters. The van der Waals surface area contributed by atoms with Crippen molar-refractivity contribution in [1.82, 2.24) is 9.47 Å². The molecule has 1 saturated heterocycles. The highest BCUT2D eigenvalue weighted by Crippen LogP contribution is 2.33. The number of rotatable bonds is 5. The molecule has 3 aromatic rings. The Bertz CT molecular complexity index is 1150. The fourth-order valence-electron chi connectivity index (χ4n) is 3.23. The molecular weight excluding hydrogens is 424 g/mol. The smallest absolute Gasteiger partial charge is 0.265 e. The van der Waals surface area contributed by atoms with Crippen LogP contribution < -0.4 is 4.74 Å². The Hall–Kier alpha value is -2.28. The first-order chi connectivity index (χ1) is 13.9. The van der Waals surface area contributed by atoms with Gasteiger partial charge in [0, 0.05) is 34.7 Å². The number of aryl methyl sites for hydroxylation is 1. The lowest BCUT2D eigenvalue weighted by atomic mass is 10.1. The Morgan fingerprint density at radius 3 is 2.76 bits per heavy atom. The summed E-state index contributed by atoms with van der Waals surface area (Å²) in [7, 11) is 1.71. The Morgan fingerprint density at radius 2 is 2.03 bits per heavy atom. The van der Waals surface area contributed by atoms with E-state index in [4.69, 9.17) is 28.6 Å². The van der Waals surface area contributed by atoms with E-state index in [0.29, 0.717) is 22.4 Å². The zero-order valence-corrected chi connectivity index (χ0v) is 18.4. The lowest BCUT2D eigenvalue weighted by Gasteiger charge is -2.09. The van der Waals surface area contributed by atoms with Gasteiger partial charge in [0.25, 0.3) is 5.91 Å². The van der Waals surface area contributed by atoms with E-state index in [0.717, 1.165) is 32.8 Å². The van der Waals surface area contributed by atoms with E-state index in [2.05, 4.69) is 22.9 Å². The van der Waals surface area contributed by atoms with Gasteiger partial charge in [0.2, 0.25) is 0 Å². The van der Waals surface area contributed by atoms with Gasteiger partial charge in [0.1, 0.15) is 16.7 Å². The molecule has 1 fully saturated rings. The van der Waals surface area contributed by atoms with Gasteiger partial charge in [0.15, 0.2) is 0 Å². The van der Waals surface area contributed by atoms with Crippen molar-refractivity contribution in [1.29, 1.82) is 0 Å². The standard InChI is InChI=1S/C22H19ClN2O2S2/c1-14-11-16(7-8-18(14)23)27-10-9-25-13-15(17-5-3-4-6-19(17)25)12-20-21(26)24(2)22(28)29-20/h3-8,11-13H,9-10H2,1-2H3/b20-12-. The molecule has 0 spiro atoms. The molecule has 0 atom stereocenters. The fourth-order valence-corrected chi connectivity index (χ4v) is 4.52. The molecule has 0 N–H and O–H groups in total. The number of fused-ring (bicyclic) bond motifs is 1. The molecule has 0 saturated carbocycles. The van der Waals surface area contributed by atoms with Crippen LogP contribution in [0, 0.1) is 6.92 Å². The molecule has 1 aromatic heterocycles. The number of aromatic nitrogens is 1. The molecule has 2 heterocycles. The van der Waals surface area contributed by atoms with Gasteiger partial charge in [-0.15, -0.1) is 0 Å². The van der Waals surface area contributed by atoms with Crippen LogP contribution in [0.3, 0.4) is 0 Å². The van der Waals surface area contributed by atoms with Crippen molar-refractivity contribution in [2.45, 2.75) is 13.5 Å². The summed E-state index contributed by atoms with van der Waals surface area (Å²) in [4.78, 5) is 14.5. The highest BCUT2D eigenvalue weighted by Gasteiger charge is 2.29. The van der Waals surface area contributed by atoms with E-state index >= 15 is 0 Å². The van der Waals surface area contributed by atoms with Crippen LogP contribution >= 0.6 is 35.6 Å². The van der Waals surface area contributed by atoms with Gasteiger partial charge in [-0.1, -0.05) is 53.8 Å². The Morgan fingerprint density at radius 1 is 1.24 bits per heavy atom. The summed E-state index contributed by atoms with van der Waals surface area (Å²) in [6.45, 7) is 3.17. The number of amides is 1. The monoisotopic (exact) mass is 442 g/mol.